The Balaban J connectivity index is 0.000000305. The summed E-state index contributed by atoms with van der Waals surface area (Å²) in [6.07, 6.45) is 4.49. The van der Waals surface area contributed by atoms with Gasteiger partial charge in [0.1, 0.15) is 17.8 Å². The van der Waals surface area contributed by atoms with E-state index in [2.05, 4.69) is 18.8 Å². The topological polar surface area (TPSA) is 101 Å². The van der Waals surface area contributed by atoms with Crippen molar-refractivity contribution in [1.29, 1.82) is 0 Å². The average Bonchev–Trinajstić information content (AvgIpc) is 3.46. The van der Waals surface area contributed by atoms with Gasteiger partial charge in [0.2, 0.25) is 0 Å². The molecule has 0 radical (unpaired) electrons. The summed E-state index contributed by atoms with van der Waals surface area (Å²) in [5, 5.41) is 9.25. The van der Waals surface area contributed by atoms with Gasteiger partial charge in [0, 0.05) is 19.3 Å². The molecule has 0 saturated carbocycles. The van der Waals surface area contributed by atoms with Crippen molar-refractivity contribution in [3.8, 4) is 5.75 Å². The molecule has 3 rings (SSSR count). The van der Waals surface area contributed by atoms with Crippen LogP contribution in [0.5, 0.6) is 5.75 Å². The third-order valence-electron chi connectivity index (χ3n) is 6.86. The lowest BCUT2D eigenvalue weighted by Gasteiger charge is -2.28. The van der Waals surface area contributed by atoms with Crippen LogP contribution in [-0.2, 0) is 9.47 Å². The van der Waals surface area contributed by atoms with E-state index in [0.29, 0.717) is 28.5 Å². The van der Waals surface area contributed by atoms with Crippen molar-refractivity contribution in [3.63, 3.8) is 0 Å². The zero-order chi connectivity index (χ0) is 30.3. The number of hydrogen-bond donors (Lipinski definition) is 1. The second kappa shape index (κ2) is 14.8. The first-order chi connectivity index (χ1) is 18.6. The Morgan fingerprint density at radius 1 is 0.975 bits per heavy atom. The molecule has 2 aliphatic heterocycles. The minimum absolute atomic E-state index is 0.0236. The Bertz CT molecular complexity index is 963. The van der Waals surface area contributed by atoms with Gasteiger partial charge < -0.3 is 29.1 Å². The van der Waals surface area contributed by atoms with Gasteiger partial charge in [0.05, 0.1) is 22.3 Å². The zero-order valence-corrected chi connectivity index (χ0v) is 27.4. The summed E-state index contributed by atoms with van der Waals surface area (Å²) in [6.45, 7) is 16.9. The Morgan fingerprint density at radius 3 is 1.88 bits per heavy atom. The Kier molecular flexibility index (Phi) is 12.7. The van der Waals surface area contributed by atoms with Crippen LogP contribution in [0.4, 0.5) is 14.0 Å². The molecule has 2 aliphatic rings. The quantitative estimate of drug-likeness (QED) is 0.280. The first kappa shape index (κ1) is 34.3. The molecule has 3 heterocycles. The van der Waals surface area contributed by atoms with E-state index in [1.165, 1.54) is 6.20 Å². The number of aliphatic hydroxyl groups excluding tert-OH is 1. The molecular weight excluding hydrogens is 632 g/mol. The molecule has 9 nitrogen and oxygen atoms in total. The van der Waals surface area contributed by atoms with Gasteiger partial charge >= 0.3 is 12.2 Å². The Labute approximate surface area is 252 Å². The van der Waals surface area contributed by atoms with E-state index >= 15 is 0 Å². The molecule has 11 heteroatoms. The van der Waals surface area contributed by atoms with Crippen LogP contribution in [0.1, 0.15) is 81.1 Å². The highest BCUT2D eigenvalue weighted by atomic mass is 127. The SMILES string of the molecule is CCC1C[C@@H](CO)N(C(=O)OC(C)(C)C)C1.CCC1C[C@@H](COc2c(I)ccnc2F)N(C(=O)OC(C)(C)C)C1. The van der Waals surface area contributed by atoms with Crippen LogP contribution in [-0.4, -0.2) is 81.7 Å². The maximum Gasteiger partial charge on any atom is 0.410 e. The summed E-state index contributed by atoms with van der Waals surface area (Å²) in [4.78, 5) is 31.3. The smallest absolute Gasteiger partial charge is 0.410 e. The molecule has 2 unspecified atom stereocenters. The number of rotatable bonds is 6. The van der Waals surface area contributed by atoms with E-state index in [9.17, 15) is 19.1 Å². The number of aromatic nitrogens is 1. The second-order valence-electron chi connectivity index (χ2n) is 12.5. The summed E-state index contributed by atoms with van der Waals surface area (Å²) in [5.41, 5.74) is -1.01. The van der Waals surface area contributed by atoms with Crippen LogP contribution in [0.2, 0.25) is 0 Å². The second-order valence-corrected chi connectivity index (χ2v) is 13.7. The highest BCUT2D eigenvalue weighted by Gasteiger charge is 2.38. The van der Waals surface area contributed by atoms with Crippen LogP contribution in [0.3, 0.4) is 0 Å². The molecule has 40 heavy (non-hydrogen) atoms. The van der Waals surface area contributed by atoms with Crippen molar-refractivity contribution >= 4 is 34.8 Å². The molecule has 1 aromatic heterocycles. The van der Waals surface area contributed by atoms with E-state index in [-0.39, 0.29) is 43.2 Å². The number of aliphatic hydroxyl groups is 1. The fourth-order valence-electron chi connectivity index (χ4n) is 4.75. The number of likely N-dealkylation sites (tertiary alicyclic amines) is 2. The fourth-order valence-corrected chi connectivity index (χ4v) is 5.29. The molecule has 0 aromatic carbocycles. The van der Waals surface area contributed by atoms with Gasteiger partial charge in [-0.05, 0) is 94.9 Å². The van der Waals surface area contributed by atoms with Crippen LogP contribution in [0.25, 0.3) is 0 Å². The standard InChI is InChI=1S/C17H24FIN2O3.C12H23NO3/c1-5-11-8-12(21(9-11)16(22)24-17(2,3)4)10-23-14-13(19)6-7-20-15(14)18;1-5-9-6-10(8-14)13(7-9)11(15)16-12(2,3)4/h6-7,11-12H,5,8-10H2,1-4H3;9-10,14H,5-8H2,1-4H3/t11?,12-;9?,10-/m00/s1. The van der Waals surface area contributed by atoms with E-state index in [1.54, 1.807) is 15.9 Å². The Morgan fingerprint density at radius 2 is 1.45 bits per heavy atom. The first-order valence-electron chi connectivity index (χ1n) is 14.1. The van der Waals surface area contributed by atoms with E-state index in [4.69, 9.17) is 14.2 Å². The third kappa shape index (κ3) is 10.5. The van der Waals surface area contributed by atoms with Crippen molar-refractivity contribution in [2.75, 3.05) is 26.3 Å². The molecule has 228 valence electrons. The summed E-state index contributed by atoms with van der Waals surface area (Å²) >= 11 is 2.01. The van der Waals surface area contributed by atoms with Crippen molar-refractivity contribution < 1.29 is 33.3 Å². The molecule has 1 aromatic rings. The van der Waals surface area contributed by atoms with Crippen LogP contribution in [0.15, 0.2) is 12.3 Å². The molecule has 1 N–H and O–H groups in total. The van der Waals surface area contributed by atoms with Crippen LogP contribution >= 0.6 is 22.6 Å². The third-order valence-corrected chi connectivity index (χ3v) is 7.71. The van der Waals surface area contributed by atoms with Crippen LogP contribution < -0.4 is 4.74 Å². The highest BCUT2D eigenvalue weighted by molar-refractivity contribution is 14.1. The molecule has 2 amide bonds. The maximum atomic E-state index is 13.8. The maximum absolute atomic E-state index is 13.8. The molecule has 0 bridgehead atoms. The lowest BCUT2D eigenvalue weighted by molar-refractivity contribution is 0.0166. The first-order valence-corrected chi connectivity index (χ1v) is 15.2. The fraction of sp³-hybridized carbons (Fsp3) is 0.759. The van der Waals surface area contributed by atoms with Gasteiger partial charge in [-0.1, -0.05) is 26.7 Å². The molecule has 4 atom stereocenters. The average molecular weight is 680 g/mol. The van der Waals surface area contributed by atoms with Gasteiger partial charge in [-0.25, -0.2) is 14.6 Å². The van der Waals surface area contributed by atoms with E-state index < -0.39 is 17.1 Å². The van der Waals surface area contributed by atoms with E-state index in [1.807, 2.05) is 64.1 Å². The molecule has 0 aliphatic carbocycles. The number of nitrogens with zero attached hydrogens (tertiary/aromatic N) is 3. The van der Waals surface area contributed by atoms with Gasteiger partial charge in [0.15, 0.2) is 5.75 Å². The number of amides is 2. The number of carbonyl (C=O) groups excluding carboxylic acids is 2. The number of hydrogen-bond acceptors (Lipinski definition) is 7. The van der Waals surface area contributed by atoms with Gasteiger partial charge in [-0.2, -0.15) is 4.39 Å². The molecule has 0 spiro atoms. The van der Waals surface area contributed by atoms with Crippen molar-refractivity contribution in [2.24, 2.45) is 11.8 Å². The lowest BCUT2D eigenvalue weighted by Crippen LogP contribution is -2.42. The van der Waals surface area contributed by atoms with Crippen LogP contribution in [0, 0.1) is 21.4 Å². The molecule has 2 saturated heterocycles. The Hall–Kier alpha value is -1.89. The normalized spacial score (nSPS) is 23.0. The summed E-state index contributed by atoms with van der Waals surface area (Å²) in [5.74, 6) is 0.409. The minimum atomic E-state index is -0.629. The minimum Gasteiger partial charge on any atom is -0.486 e. The summed E-state index contributed by atoms with van der Waals surface area (Å²) < 4.78 is 30.9. The highest BCUT2D eigenvalue weighted by Crippen LogP contribution is 2.30. The molecule has 2 fully saturated rings. The predicted molar refractivity (Wildman–Crippen MR) is 160 cm³/mol. The lowest BCUT2D eigenvalue weighted by atomic mass is 10.0. The zero-order valence-electron chi connectivity index (χ0n) is 25.2. The monoisotopic (exact) mass is 679 g/mol. The summed E-state index contributed by atoms with van der Waals surface area (Å²) in [7, 11) is 0. The largest absolute Gasteiger partial charge is 0.486 e. The van der Waals surface area contributed by atoms with Gasteiger partial charge in [0.25, 0.3) is 5.95 Å². The number of ether oxygens (including phenoxy) is 3. The summed E-state index contributed by atoms with van der Waals surface area (Å²) in [6, 6.07) is 1.49. The number of pyridine rings is 1. The van der Waals surface area contributed by atoms with Crippen molar-refractivity contribution in [1.82, 2.24) is 14.8 Å². The predicted octanol–water partition coefficient (Wildman–Crippen LogP) is 6.25. The number of halogens is 2. The van der Waals surface area contributed by atoms with Crippen molar-refractivity contribution in [2.45, 2.75) is 104 Å². The van der Waals surface area contributed by atoms with Gasteiger partial charge in [-0.3, -0.25) is 0 Å². The molecular formula is C29H47FIN3O6. The van der Waals surface area contributed by atoms with E-state index in [0.717, 1.165) is 25.7 Å². The number of carbonyl (C=O) groups is 2. The van der Waals surface area contributed by atoms with Gasteiger partial charge in [-0.15, -0.1) is 0 Å². The van der Waals surface area contributed by atoms with Crippen molar-refractivity contribution in [3.05, 3.63) is 21.8 Å².